The summed E-state index contributed by atoms with van der Waals surface area (Å²) < 4.78 is 1.58. The van der Waals surface area contributed by atoms with Gasteiger partial charge in [-0.1, -0.05) is 19.8 Å². The third kappa shape index (κ3) is 3.53. The van der Waals surface area contributed by atoms with E-state index in [2.05, 4.69) is 6.92 Å². The molecule has 1 aromatic rings. The molecule has 88 valence electrons. The van der Waals surface area contributed by atoms with Crippen LogP contribution < -0.4 is 4.57 Å². The Bertz CT molecular complexity index is 363. The molecule has 1 heterocycles. The lowest BCUT2D eigenvalue weighted by Gasteiger charge is -2.00. The predicted molar refractivity (Wildman–Crippen MR) is 59.4 cm³/mol. The first-order valence-electron chi connectivity index (χ1n) is 5.61. The van der Waals surface area contributed by atoms with Gasteiger partial charge in [0, 0.05) is 6.42 Å². The second-order valence-electron chi connectivity index (χ2n) is 3.84. The number of carboxylic acids is 1. The number of rotatable bonds is 6. The fourth-order valence-corrected chi connectivity index (χ4v) is 1.55. The quantitative estimate of drug-likeness (QED) is 0.573. The van der Waals surface area contributed by atoms with E-state index < -0.39 is 5.97 Å². The molecule has 0 saturated carbocycles. The van der Waals surface area contributed by atoms with E-state index in [-0.39, 0.29) is 11.4 Å². The van der Waals surface area contributed by atoms with E-state index in [1.54, 1.807) is 4.57 Å². The molecule has 16 heavy (non-hydrogen) atoms. The van der Waals surface area contributed by atoms with Gasteiger partial charge in [0.25, 0.3) is 0 Å². The van der Waals surface area contributed by atoms with Crippen molar-refractivity contribution in [3.8, 4) is 5.88 Å². The maximum atomic E-state index is 10.7. The Kier molecular flexibility index (Phi) is 4.76. The Balaban J connectivity index is 2.63. The second kappa shape index (κ2) is 6.10. The van der Waals surface area contributed by atoms with Gasteiger partial charge in [0.2, 0.25) is 0 Å². The van der Waals surface area contributed by atoms with Crippen molar-refractivity contribution in [3.05, 3.63) is 23.9 Å². The van der Waals surface area contributed by atoms with Gasteiger partial charge in [0.1, 0.15) is 5.56 Å². The Morgan fingerprint density at radius 3 is 2.69 bits per heavy atom. The Morgan fingerprint density at radius 2 is 2.06 bits per heavy atom. The van der Waals surface area contributed by atoms with Gasteiger partial charge in [-0.3, -0.25) is 0 Å². The Morgan fingerprint density at radius 1 is 1.31 bits per heavy atom. The molecule has 0 spiro atoms. The van der Waals surface area contributed by atoms with Crippen LogP contribution in [0.4, 0.5) is 0 Å². The molecular weight excluding hydrogens is 206 g/mol. The van der Waals surface area contributed by atoms with E-state index in [0.717, 1.165) is 19.3 Å². The van der Waals surface area contributed by atoms with Crippen LogP contribution >= 0.6 is 0 Å². The van der Waals surface area contributed by atoms with E-state index in [0.29, 0.717) is 6.54 Å². The number of pyridine rings is 1. The monoisotopic (exact) mass is 224 g/mol. The SMILES string of the molecule is CCCCCC[n+]1cc(C(=O)O)ccc1O. The number of hydrogen-bond acceptors (Lipinski definition) is 2. The minimum atomic E-state index is -0.970. The van der Waals surface area contributed by atoms with Gasteiger partial charge >= 0.3 is 11.8 Å². The molecule has 0 saturated heterocycles. The average Bonchev–Trinajstić information content (AvgIpc) is 2.26. The summed E-state index contributed by atoms with van der Waals surface area (Å²) >= 11 is 0. The summed E-state index contributed by atoms with van der Waals surface area (Å²) in [7, 11) is 0. The van der Waals surface area contributed by atoms with Gasteiger partial charge in [-0.25, -0.2) is 4.79 Å². The molecule has 0 aromatic carbocycles. The van der Waals surface area contributed by atoms with E-state index >= 15 is 0 Å². The molecule has 0 aliphatic heterocycles. The first kappa shape index (κ1) is 12.5. The Labute approximate surface area is 95.2 Å². The highest BCUT2D eigenvalue weighted by Gasteiger charge is 2.13. The summed E-state index contributed by atoms with van der Waals surface area (Å²) in [5, 5.41) is 18.4. The lowest BCUT2D eigenvalue weighted by Crippen LogP contribution is -2.34. The van der Waals surface area contributed by atoms with Crippen LogP contribution in [0.5, 0.6) is 5.88 Å². The fraction of sp³-hybridized carbons (Fsp3) is 0.500. The number of aryl methyl sites for hydroxylation is 1. The molecule has 1 aromatic heterocycles. The van der Waals surface area contributed by atoms with E-state index in [4.69, 9.17) is 5.11 Å². The van der Waals surface area contributed by atoms with E-state index in [9.17, 15) is 9.90 Å². The number of aromatic carboxylic acids is 1. The van der Waals surface area contributed by atoms with E-state index in [1.165, 1.54) is 24.8 Å². The normalized spacial score (nSPS) is 10.3. The highest BCUT2D eigenvalue weighted by atomic mass is 16.4. The number of aromatic nitrogens is 1. The predicted octanol–water partition coefficient (Wildman–Crippen LogP) is 1.96. The fourth-order valence-electron chi connectivity index (χ4n) is 1.55. The molecule has 0 atom stereocenters. The van der Waals surface area contributed by atoms with Gasteiger partial charge in [-0.15, -0.1) is 0 Å². The van der Waals surface area contributed by atoms with Crippen molar-refractivity contribution in [2.75, 3.05) is 0 Å². The molecular formula is C12H18NO3+. The molecule has 2 N–H and O–H groups in total. The minimum absolute atomic E-state index is 0.112. The number of aromatic hydroxyl groups is 1. The number of nitrogens with zero attached hydrogens (tertiary/aromatic N) is 1. The third-order valence-electron chi connectivity index (χ3n) is 2.50. The first-order chi connectivity index (χ1) is 7.65. The highest BCUT2D eigenvalue weighted by Crippen LogP contribution is 2.05. The van der Waals surface area contributed by atoms with Crippen molar-refractivity contribution in [3.63, 3.8) is 0 Å². The molecule has 4 heteroatoms. The van der Waals surface area contributed by atoms with Crippen LogP contribution in [0.25, 0.3) is 0 Å². The highest BCUT2D eigenvalue weighted by molar-refractivity contribution is 5.86. The summed E-state index contributed by atoms with van der Waals surface area (Å²) in [6.07, 6.45) is 5.85. The standard InChI is InChI=1S/C12H17NO3/c1-2-3-4-5-8-13-9-10(12(15)16)6-7-11(13)14/h6-7,9H,2-5,8H2,1H3,(H,15,16)/p+1. The van der Waals surface area contributed by atoms with Crippen LogP contribution in [0.2, 0.25) is 0 Å². The smallest absolute Gasteiger partial charge is 0.365 e. The summed E-state index contributed by atoms with van der Waals surface area (Å²) in [5.41, 5.74) is 0.202. The lowest BCUT2D eigenvalue weighted by molar-refractivity contribution is -0.703. The summed E-state index contributed by atoms with van der Waals surface area (Å²) in [5.74, 6) is -0.858. The summed E-state index contributed by atoms with van der Waals surface area (Å²) in [6, 6.07) is 2.82. The van der Waals surface area contributed by atoms with Crippen molar-refractivity contribution in [1.29, 1.82) is 0 Å². The van der Waals surface area contributed by atoms with Crippen LogP contribution in [0.1, 0.15) is 43.0 Å². The van der Waals surface area contributed by atoms with E-state index in [1.807, 2.05) is 0 Å². The summed E-state index contributed by atoms with van der Waals surface area (Å²) in [6.45, 7) is 2.79. The molecule has 0 aliphatic carbocycles. The topological polar surface area (TPSA) is 61.4 Å². The molecule has 0 radical (unpaired) electrons. The average molecular weight is 224 g/mol. The maximum absolute atomic E-state index is 10.7. The van der Waals surface area contributed by atoms with Crippen LogP contribution in [0.15, 0.2) is 18.3 Å². The molecule has 4 nitrogen and oxygen atoms in total. The third-order valence-corrected chi connectivity index (χ3v) is 2.50. The molecule has 0 bridgehead atoms. The zero-order valence-corrected chi connectivity index (χ0v) is 9.52. The zero-order valence-electron chi connectivity index (χ0n) is 9.52. The first-order valence-corrected chi connectivity index (χ1v) is 5.61. The van der Waals surface area contributed by atoms with Gasteiger partial charge in [-0.05, 0) is 12.5 Å². The number of carboxylic acid groups (broad SMARTS) is 1. The van der Waals surface area contributed by atoms with Gasteiger partial charge < -0.3 is 10.2 Å². The zero-order chi connectivity index (χ0) is 12.0. The lowest BCUT2D eigenvalue weighted by atomic mass is 10.2. The van der Waals surface area contributed by atoms with Gasteiger partial charge in [-0.2, -0.15) is 4.57 Å². The molecule has 0 aliphatic rings. The minimum Gasteiger partial charge on any atom is -0.477 e. The number of carbonyl (C=O) groups is 1. The van der Waals surface area contributed by atoms with Gasteiger partial charge in [0.05, 0.1) is 6.07 Å². The van der Waals surface area contributed by atoms with Crippen LogP contribution in [0.3, 0.4) is 0 Å². The molecule has 1 rings (SSSR count). The van der Waals surface area contributed by atoms with Crippen molar-refractivity contribution >= 4 is 5.97 Å². The van der Waals surface area contributed by atoms with Crippen LogP contribution in [-0.2, 0) is 6.54 Å². The molecule has 0 amide bonds. The Hall–Kier alpha value is -1.58. The van der Waals surface area contributed by atoms with Crippen molar-refractivity contribution in [2.24, 2.45) is 0 Å². The molecule has 0 fully saturated rings. The molecule has 0 unspecified atom stereocenters. The van der Waals surface area contributed by atoms with Crippen molar-refractivity contribution in [1.82, 2.24) is 0 Å². The maximum Gasteiger partial charge on any atom is 0.365 e. The van der Waals surface area contributed by atoms with Gasteiger partial charge in [0.15, 0.2) is 12.7 Å². The summed E-state index contributed by atoms with van der Waals surface area (Å²) in [4.78, 5) is 10.7. The second-order valence-corrected chi connectivity index (χ2v) is 3.84. The number of unbranched alkanes of at least 4 members (excludes halogenated alkanes) is 3. The van der Waals surface area contributed by atoms with Crippen LogP contribution in [0, 0.1) is 0 Å². The largest absolute Gasteiger partial charge is 0.477 e. The van der Waals surface area contributed by atoms with Crippen molar-refractivity contribution < 1.29 is 19.6 Å². The number of hydrogen-bond donors (Lipinski definition) is 2. The van der Waals surface area contributed by atoms with Crippen LogP contribution in [-0.4, -0.2) is 16.2 Å². The van der Waals surface area contributed by atoms with Crippen molar-refractivity contribution in [2.45, 2.75) is 39.2 Å².